The Morgan fingerprint density at radius 3 is 1.46 bits per heavy atom. The third-order valence-corrected chi connectivity index (χ3v) is 2.23. The third-order valence-electron chi connectivity index (χ3n) is 2.23. The molecule has 0 spiro atoms. The van der Waals surface area contributed by atoms with E-state index in [1.165, 1.54) is 22.3 Å². The van der Waals surface area contributed by atoms with Gasteiger partial charge in [-0.25, -0.2) is 0 Å². The van der Waals surface area contributed by atoms with Crippen molar-refractivity contribution in [1.82, 2.24) is 0 Å². The summed E-state index contributed by atoms with van der Waals surface area (Å²) in [4.78, 5) is 0. The van der Waals surface area contributed by atoms with Gasteiger partial charge in [0.2, 0.25) is 0 Å². The van der Waals surface area contributed by atoms with Gasteiger partial charge in [-0.1, -0.05) is 19.6 Å². The van der Waals surface area contributed by atoms with Gasteiger partial charge in [-0.05, 0) is 36.1 Å². The predicted octanol–water partition coefficient (Wildman–Crippen LogP) is 1.86. The van der Waals surface area contributed by atoms with Gasteiger partial charge >= 0.3 is 0 Å². The van der Waals surface area contributed by atoms with E-state index in [0.29, 0.717) is 13.1 Å². The van der Waals surface area contributed by atoms with Crippen LogP contribution in [0.2, 0.25) is 0 Å². The standard InChI is InChI=1S/C10H16N2.CH4/c1-7-3-10(6-12)8(2)4-9(7)5-11;/h3-4H,5-6,11-12H2,1-2H3;1H4. The maximum Gasteiger partial charge on any atom is 0.0180 e. The van der Waals surface area contributed by atoms with Crippen LogP contribution < -0.4 is 11.5 Å². The Bertz CT molecular complexity index is 250. The van der Waals surface area contributed by atoms with Crippen molar-refractivity contribution in [2.45, 2.75) is 34.4 Å². The van der Waals surface area contributed by atoms with E-state index in [9.17, 15) is 0 Å². The average Bonchev–Trinajstić information content (AvgIpc) is 2.08. The molecule has 13 heavy (non-hydrogen) atoms. The predicted molar refractivity (Wildman–Crippen MR) is 58.4 cm³/mol. The molecular weight excluding hydrogens is 160 g/mol. The summed E-state index contributed by atoms with van der Waals surface area (Å²) in [7, 11) is 0. The Labute approximate surface area is 80.9 Å². The first kappa shape index (κ1) is 12.1. The van der Waals surface area contributed by atoms with Crippen LogP contribution in [-0.4, -0.2) is 0 Å². The highest BCUT2D eigenvalue weighted by molar-refractivity contribution is 5.36. The monoisotopic (exact) mass is 180 g/mol. The molecule has 2 nitrogen and oxygen atoms in total. The molecule has 0 bridgehead atoms. The Kier molecular flexibility index (Phi) is 4.67. The Morgan fingerprint density at radius 2 is 1.23 bits per heavy atom. The number of benzene rings is 1. The van der Waals surface area contributed by atoms with Crippen molar-refractivity contribution >= 4 is 0 Å². The number of aryl methyl sites for hydroxylation is 2. The minimum Gasteiger partial charge on any atom is -0.326 e. The van der Waals surface area contributed by atoms with Crippen LogP contribution in [0, 0.1) is 13.8 Å². The van der Waals surface area contributed by atoms with E-state index in [4.69, 9.17) is 11.5 Å². The van der Waals surface area contributed by atoms with Crippen LogP contribution in [0.25, 0.3) is 0 Å². The lowest BCUT2D eigenvalue weighted by Crippen LogP contribution is -2.04. The molecule has 0 aliphatic carbocycles. The lowest BCUT2D eigenvalue weighted by molar-refractivity contribution is 1.00. The summed E-state index contributed by atoms with van der Waals surface area (Å²) in [5.41, 5.74) is 16.1. The zero-order chi connectivity index (χ0) is 9.14. The molecule has 0 saturated carbocycles. The highest BCUT2D eigenvalue weighted by Crippen LogP contribution is 2.14. The van der Waals surface area contributed by atoms with Gasteiger partial charge in [0, 0.05) is 13.1 Å². The van der Waals surface area contributed by atoms with Crippen molar-refractivity contribution in [2.24, 2.45) is 11.5 Å². The van der Waals surface area contributed by atoms with Gasteiger partial charge in [-0.3, -0.25) is 0 Å². The molecule has 0 aromatic heterocycles. The Balaban J connectivity index is 0.00000144. The average molecular weight is 180 g/mol. The highest BCUT2D eigenvalue weighted by atomic mass is 14.5. The third kappa shape index (κ3) is 2.54. The number of hydrogen-bond acceptors (Lipinski definition) is 2. The van der Waals surface area contributed by atoms with Gasteiger partial charge in [0.15, 0.2) is 0 Å². The fourth-order valence-corrected chi connectivity index (χ4v) is 1.38. The first-order chi connectivity index (χ1) is 5.69. The summed E-state index contributed by atoms with van der Waals surface area (Å²) in [6.07, 6.45) is 0. The van der Waals surface area contributed by atoms with E-state index in [1.807, 2.05) is 0 Å². The summed E-state index contributed by atoms with van der Waals surface area (Å²) < 4.78 is 0. The van der Waals surface area contributed by atoms with Crippen LogP contribution in [0.4, 0.5) is 0 Å². The van der Waals surface area contributed by atoms with Crippen LogP contribution in [0.3, 0.4) is 0 Å². The number of nitrogens with two attached hydrogens (primary N) is 2. The van der Waals surface area contributed by atoms with Crippen LogP contribution in [0.5, 0.6) is 0 Å². The topological polar surface area (TPSA) is 52.0 Å². The van der Waals surface area contributed by atoms with Crippen molar-refractivity contribution in [3.63, 3.8) is 0 Å². The number of hydrogen-bond donors (Lipinski definition) is 2. The van der Waals surface area contributed by atoms with Crippen molar-refractivity contribution in [1.29, 1.82) is 0 Å². The largest absolute Gasteiger partial charge is 0.326 e. The molecule has 0 heterocycles. The van der Waals surface area contributed by atoms with Crippen molar-refractivity contribution < 1.29 is 0 Å². The minimum atomic E-state index is 0. The summed E-state index contributed by atoms with van der Waals surface area (Å²) >= 11 is 0. The molecule has 1 aromatic carbocycles. The van der Waals surface area contributed by atoms with Crippen LogP contribution in [-0.2, 0) is 13.1 Å². The molecule has 0 atom stereocenters. The van der Waals surface area contributed by atoms with Crippen LogP contribution in [0.15, 0.2) is 12.1 Å². The molecule has 0 aliphatic rings. The maximum absolute atomic E-state index is 5.58. The second-order valence-corrected chi connectivity index (χ2v) is 3.11. The van der Waals surface area contributed by atoms with E-state index in [-0.39, 0.29) is 7.43 Å². The van der Waals surface area contributed by atoms with Crippen LogP contribution in [0.1, 0.15) is 29.7 Å². The van der Waals surface area contributed by atoms with E-state index < -0.39 is 0 Å². The van der Waals surface area contributed by atoms with Crippen molar-refractivity contribution in [3.05, 3.63) is 34.4 Å². The Hall–Kier alpha value is -0.860. The second-order valence-electron chi connectivity index (χ2n) is 3.11. The summed E-state index contributed by atoms with van der Waals surface area (Å²) in [6.45, 7) is 5.36. The lowest BCUT2D eigenvalue weighted by Gasteiger charge is -2.08. The fourth-order valence-electron chi connectivity index (χ4n) is 1.38. The zero-order valence-electron chi connectivity index (χ0n) is 7.72. The quantitative estimate of drug-likeness (QED) is 0.730. The SMILES string of the molecule is C.Cc1cc(CN)c(C)cc1CN. The van der Waals surface area contributed by atoms with Crippen molar-refractivity contribution in [2.75, 3.05) is 0 Å². The molecule has 4 N–H and O–H groups in total. The molecule has 0 saturated heterocycles. The van der Waals surface area contributed by atoms with E-state index in [1.54, 1.807) is 0 Å². The molecule has 2 heteroatoms. The lowest BCUT2D eigenvalue weighted by atomic mass is 10.0. The summed E-state index contributed by atoms with van der Waals surface area (Å²) in [5, 5.41) is 0. The summed E-state index contributed by atoms with van der Waals surface area (Å²) in [6, 6.07) is 4.25. The van der Waals surface area contributed by atoms with Gasteiger partial charge in [-0.15, -0.1) is 0 Å². The second kappa shape index (κ2) is 5.00. The normalized spacial score (nSPS) is 9.54. The molecule has 0 amide bonds. The molecule has 0 radical (unpaired) electrons. The van der Waals surface area contributed by atoms with Gasteiger partial charge in [0.1, 0.15) is 0 Å². The van der Waals surface area contributed by atoms with E-state index in [0.717, 1.165) is 0 Å². The Morgan fingerprint density at radius 1 is 0.923 bits per heavy atom. The minimum absolute atomic E-state index is 0. The van der Waals surface area contributed by atoms with Gasteiger partial charge in [-0.2, -0.15) is 0 Å². The van der Waals surface area contributed by atoms with E-state index in [2.05, 4.69) is 26.0 Å². The van der Waals surface area contributed by atoms with E-state index >= 15 is 0 Å². The molecule has 1 aromatic rings. The molecule has 0 fully saturated rings. The summed E-state index contributed by atoms with van der Waals surface area (Å²) in [5.74, 6) is 0. The molecule has 1 rings (SSSR count). The number of rotatable bonds is 2. The first-order valence-electron chi connectivity index (χ1n) is 4.18. The molecule has 74 valence electrons. The van der Waals surface area contributed by atoms with Gasteiger partial charge in [0.05, 0.1) is 0 Å². The fraction of sp³-hybridized carbons (Fsp3) is 0.455. The molecular formula is C11H20N2. The molecule has 0 aliphatic heterocycles. The van der Waals surface area contributed by atoms with Gasteiger partial charge in [0.25, 0.3) is 0 Å². The van der Waals surface area contributed by atoms with Gasteiger partial charge < -0.3 is 11.5 Å². The first-order valence-corrected chi connectivity index (χ1v) is 4.18. The van der Waals surface area contributed by atoms with Crippen molar-refractivity contribution in [3.8, 4) is 0 Å². The zero-order valence-corrected chi connectivity index (χ0v) is 7.72. The van der Waals surface area contributed by atoms with Crippen LogP contribution >= 0.6 is 0 Å². The smallest absolute Gasteiger partial charge is 0.0180 e. The molecule has 0 unspecified atom stereocenters. The highest BCUT2D eigenvalue weighted by Gasteiger charge is 2.01. The maximum atomic E-state index is 5.58.